The summed E-state index contributed by atoms with van der Waals surface area (Å²) in [6.07, 6.45) is 3.71. The highest BCUT2D eigenvalue weighted by Crippen LogP contribution is 2.41. The summed E-state index contributed by atoms with van der Waals surface area (Å²) in [5.41, 5.74) is 1.22. The normalized spacial score (nSPS) is 33.0. The van der Waals surface area contributed by atoms with Gasteiger partial charge in [0.05, 0.1) is 18.2 Å². The van der Waals surface area contributed by atoms with Gasteiger partial charge in [-0.2, -0.15) is 5.26 Å². The molecule has 3 rings (SSSR count). The monoisotopic (exact) mass is 311 g/mol. The Morgan fingerprint density at radius 1 is 1.35 bits per heavy atom. The second-order valence-corrected chi connectivity index (χ2v) is 8.24. The molecule has 3 heteroatoms. The molecule has 0 amide bonds. The Morgan fingerprint density at radius 3 is 2.70 bits per heavy atom. The number of carbonyl (C=O) groups excluding carboxylic acids is 1. The summed E-state index contributed by atoms with van der Waals surface area (Å²) in [5.74, 6) is 0.180. The van der Waals surface area contributed by atoms with Gasteiger partial charge >= 0.3 is 0 Å². The lowest BCUT2D eigenvalue weighted by Crippen LogP contribution is -3.17. The average Bonchev–Trinajstić information content (AvgIpc) is 2.72. The molecule has 2 bridgehead atoms. The number of hydrogen-bond donors (Lipinski definition) is 1. The Kier molecular flexibility index (Phi) is 4.29. The number of hydrogen-bond acceptors (Lipinski definition) is 2. The van der Waals surface area contributed by atoms with Crippen molar-refractivity contribution in [2.24, 2.45) is 11.3 Å². The number of benzene rings is 1. The summed E-state index contributed by atoms with van der Waals surface area (Å²) in [7, 11) is 0. The van der Waals surface area contributed by atoms with E-state index in [1.807, 2.05) is 30.3 Å². The molecule has 2 aliphatic rings. The van der Waals surface area contributed by atoms with Crippen LogP contribution in [0.1, 0.15) is 51.5 Å². The largest absolute Gasteiger partial charge is 0.324 e. The first-order valence-corrected chi connectivity index (χ1v) is 8.74. The molecule has 1 aliphatic heterocycles. The Morgan fingerprint density at radius 2 is 2.04 bits per heavy atom. The first-order chi connectivity index (χ1) is 10.9. The van der Waals surface area contributed by atoms with Gasteiger partial charge in [0, 0.05) is 18.8 Å². The van der Waals surface area contributed by atoms with E-state index in [0.29, 0.717) is 24.0 Å². The van der Waals surface area contributed by atoms with Crippen LogP contribution in [0.25, 0.3) is 0 Å². The van der Waals surface area contributed by atoms with Crippen LogP contribution >= 0.6 is 0 Å². The fourth-order valence-corrected chi connectivity index (χ4v) is 4.92. The number of nitriles is 1. The minimum atomic E-state index is -0.621. The van der Waals surface area contributed by atoms with Crippen molar-refractivity contribution < 1.29 is 9.69 Å². The van der Waals surface area contributed by atoms with Crippen molar-refractivity contribution in [1.29, 1.82) is 5.26 Å². The van der Waals surface area contributed by atoms with Crippen LogP contribution in [0.2, 0.25) is 0 Å². The van der Waals surface area contributed by atoms with Crippen molar-refractivity contribution in [2.45, 2.75) is 58.0 Å². The number of ketones is 1. The predicted molar refractivity (Wildman–Crippen MR) is 90.0 cm³/mol. The average molecular weight is 311 g/mol. The van der Waals surface area contributed by atoms with Crippen LogP contribution in [0.15, 0.2) is 30.3 Å². The third-order valence-electron chi connectivity index (χ3n) is 5.98. The Balaban J connectivity index is 1.74. The van der Waals surface area contributed by atoms with E-state index >= 15 is 0 Å². The van der Waals surface area contributed by atoms with Gasteiger partial charge in [-0.05, 0) is 24.3 Å². The van der Waals surface area contributed by atoms with Crippen molar-refractivity contribution in [2.75, 3.05) is 6.54 Å². The van der Waals surface area contributed by atoms with Gasteiger partial charge < -0.3 is 4.90 Å². The zero-order chi connectivity index (χ0) is 16.6. The molecule has 23 heavy (non-hydrogen) atoms. The van der Waals surface area contributed by atoms with Gasteiger partial charge in [0.2, 0.25) is 5.78 Å². The fourth-order valence-electron chi connectivity index (χ4n) is 4.92. The molecule has 1 N–H and O–H groups in total. The smallest absolute Gasteiger partial charge is 0.208 e. The van der Waals surface area contributed by atoms with Crippen LogP contribution in [0.5, 0.6) is 0 Å². The Bertz CT molecular complexity index is 616. The SMILES string of the molecule is C[C@H]1[C@@H]2C[C@H](CC(C)(C)C2)[NH+]1CC(=O)[C@@H](C#N)c1ccccc1. The maximum Gasteiger partial charge on any atom is 0.208 e. The lowest BCUT2D eigenvalue weighted by Gasteiger charge is -2.32. The highest BCUT2D eigenvalue weighted by atomic mass is 16.1. The van der Waals surface area contributed by atoms with Gasteiger partial charge in [0.25, 0.3) is 0 Å². The number of Topliss-reactive ketones (excluding diaryl/α,β-unsaturated/α-hetero) is 1. The van der Waals surface area contributed by atoms with Gasteiger partial charge in [-0.3, -0.25) is 4.79 Å². The summed E-state index contributed by atoms with van der Waals surface area (Å²) in [6.45, 7) is 7.49. The van der Waals surface area contributed by atoms with Crippen LogP contribution in [-0.2, 0) is 4.79 Å². The number of rotatable bonds is 4. The van der Waals surface area contributed by atoms with Gasteiger partial charge in [-0.1, -0.05) is 44.2 Å². The molecule has 1 aromatic rings. The van der Waals surface area contributed by atoms with Crippen molar-refractivity contribution in [3.8, 4) is 6.07 Å². The molecule has 1 saturated heterocycles. The minimum absolute atomic E-state index is 0.0749. The van der Waals surface area contributed by atoms with Crippen molar-refractivity contribution in [1.82, 2.24) is 0 Å². The van der Waals surface area contributed by atoms with Crippen LogP contribution in [0.3, 0.4) is 0 Å². The van der Waals surface area contributed by atoms with E-state index in [2.05, 4.69) is 26.8 Å². The number of carbonyl (C=O) groups is 1. The zero-order valence-electron chi connectivity index (χ0n) is 14.4. The molecule has 1 saturated carbocycles. The van der Waals surface area contributed by atoms with E-state index in [-0.39, 0.29) is 5.78 Å². The number of likely N-dealkylation sites (tertiary alicyclic amines) is 1. The highest BCUT2D eigenvalue weighted by molar-refractivity contribution is 5.89. The highest BCUT2D eigenvalue weighted by Gasteiger charge is 2.51. The summed E-state index contributed by atoms with van der Waals surface area (Å²) >= 11 is 0. The summed E-state index contributed by atoms with van der Waals surface area (Å²) < 4.78 is 0. The molecule has 1 heterocycles. The van der Waals surface area contributed by atoms with Crippen molar-refractivity contribution in [3.63, 3.8) is 0 Å². The second-order valence-electron chi connectivity index (χ2n) is 8.24. The molecule has 1 unspecified atom stereocenters. The van der Waals surface area contributed by atoms with E-state index in [4.69, 9.17) is 0 Å². The molecule has 3 nitrogen and oxygen atoms in total. The minimum Gasteiger partial charge on any atom is -0.324 e. The topological polar surface area (TPSA) is 45.3 Å². The van der Waals surface area contributed by atoms with E-state index in [1.54, 1.807) is 0 Å². The maximum absolute atomic E-state index is 12.8. The first-order valence-electron chi connectivity index (χ1n) is 8.74. The quantitative estimate of drug-likeness (QED) is 0.928. The van der Waals surface area contributed by atoms with Crippen LogP contribution in [0, 0.1) is 22.7 Å². The van der Waals surface area contributed by atoms with Crippen molar-refractivity contribution in [3.05, 3.63) is 35.9 Å². The molecule has 0 spiro atoms. The third-order valence-corrected chi connectivity index (χ3v) is 5.98. The summed E-state index contributed by atoms with van der Waals surface area (Å²) in [5, 5.41) is 9.48. The van der Waals surface area contributed by atoms with Gasteiger partial charge in [0.15, 0.2) is 0 Å². The maximum atomic E-state index is 12.8. The van der Waals surface area contributed by atoms with E-state index in [0.717, 1.165) is 11.5 Å². The number of nitrogens with one attached hydrogen (secondary N) is 1. The molecule has 1 aliphatic carbocycles. The van der Waals surface area contributed by atoms with Crippen LogP contribution in [0.4, 0.5) is 0 Å². The molecule has 5 atom stereocenters. The lowest BCUT2D eigenvalue weighted by atomic mass is 9.71. The zero-order valence-corrected chi connectivity index (χ0v) is 14.4. The number of fused-ring (bicyclic) bond motifs is 2. The van der Waals surface area contributed by atoms with Crippen LogP contribution in [-0.4, -0.2) is 24.4 Å². The van der Waals surface area contributed by atoms with Gasteiger partial charge in [-0.15, -0.1) is 0 Å². The first kappa shape index (κ1) is 16.2. The fraction of sp³-hybridized carbons (Fsp3) is 0.600. The lowest BCUT2D eigenvalue weighted by molar-refractivity contribution is -0.927. The molecule has 1 aromatic carbocycles. The standard InChI is InChI=1S/C20H26N2O/c1-14-16-9-17(11-20(2,3)10-16)22(14)13-19(23)18(12-21)15-7-5-4-6-8-15/h4-8,14,16-18H,9-11,13H2,1-3H3/p+1/t14-,16+,17+,18-/m0/s1. The van der Waals surface area contributed by atoms with Crippen LogP contribution < -0.4 is 4.90 Å². The Hall–Kier alpha value is -1.66. The molecule has 0 aromatic heterocycles. The number of quaternary nitrogens is 1. The van der Waals surface area contributed by atoms with Crippen molar-refractivity contribution >= 4 is 5.78 Å². The van der Waals surface area contributed by atoms with Gasteiger partial charge in [-0.25, -0.2) is 0 Å². The molecular weight excluding hydrogens is 284 g/mol. The molecule has 122 valence electrons. The second kappa shape index (κ2) is 6.09. The van der Waals surface area contributed by atoms with E-state index < -0.39 is 5.92 Å². The van der Waals surface area contributed by atoms with E-state index in [9.17, 15) is 10.1 Å². The third kappa shape index (κ3) is 3.19. The Labute approximate surface area is 139 Å². The van der Waals surface area contributed by atoms with E-state index in [1.165, 1.54) is 24.2 Å². The number of nitrogens with zero attached hydrogens (tertiary/aromatic N) is 1. The molecule has 0 radical (unpaired) electrons. The molecular formula is C20H27N2O+. The predicted octanol–water partition coefficient (Wildman–Crippen LogP) is 2.34. The van der Waals surface area contributed by atoms with Gasteiger partial charge in [0.1, 0.15) is 12.5 Å². The molecule has 2 fully saturated rings. The summed E-state index contributed by atoms with van der Waals surface area (Å²) in [6, 6.07) is 12.8. The summed E-state index contributed by atoms with van der Waals surface area (Å²) in [4.78, 5) is 14.2.